The van der Waals surface area contributed by atoms with E-state index in [1.165, 1.54) is 0 Å². The van der Waals surface area contributed by atoms with Crippen molar-refractivity contribution in [2.24, 2.45) is 11.0 Å². The lowest BCUT2D eigenvalue weighted by molar-refractivity contribution is -0.127. The van der Waals surface area contributed by atoms with Crippen LogP contribution in [0.5, 0.6) is 11.5 Å². The van der Waals surface area contributed by atoms with Crippen LogP contribution in [0, 0.1) is 5.92 Å². The highest BCUT2D eigenvalue weighted by molar-refractivity contribution is 5.78. The second-order valence-electron chi connectivity index (χ2n) is 5.29. The van der Waals surface area contributed by atoms with Crippen LogP contribution in [0.1, 0.15) is 12.0 Å². The van der Waals surface area contributed by atoms with Crippen molar-refractivity contribution in [3.8, 4) is 11.5 Å². The van der Waals surface area contributed by atoms with Gasteiger partial charge in [0.25, 0.3) is 0 Å². The Bertz CT molecular complexity index is 562. The van der Waals surface area contributed by atoms with Gasteiger partial charge in [0.05, 0.1) is 14.2 Å². The molecule has 1 atom stereocenters. The Balaban J connectivity index is 1.95. The average Bonchev–Trinajstić information content (AvgIpc) is 2.90. The minimum Gasteiger partial charge on any atom is -0.497 e. The molecule has 1 amide bonds. The number of benzene rings is 1. The number of nitrogens with zero attached hydrogens (tertiary/aromatic N) is 4. The van der Waals surface area contributed by atoms with Gasteiger partial charge in [0, 0.05) is 37.0 Å². The molecule has 0 aromatic heterocycles. The van der Waals surface area contributed by atoms with Gasteiger partial charge in [0.15, 0.2) is 0 Å². The maximum absolute atomic E-state index is 12.0. The van der Waals surface area contributed by atoms with Gasteiger partial charge in [-0.1, -0.05) is 5.11 Å². The van der Waals surface area contributed by atoms with Gasteiger partial charge in [-0.05, 0) is 35.6 Å². The van der Waals surface area contributed by atoms with Gasteiger partial charge >= 0.3 is 0 Å². The van der Waals surface area contributed by atoms with Crippen molar-refractivity contribution in [1.29, 1.82) is 0 Å². The van der Waals surface area contributed by atoms with Crippen molar-refractivity contribution in [3.05, 3.63) is 34.2 Å². The van der Waals surface area contributed by atoms with E-state index in [-0.39, 0.29) is 11.8 Å². The van der Waals surface area contributed by atoms with E-state index in [1.54, 1.807) is 14.2 Å². The summed E-state index contributed by atoms with van der Waals surface area (Å²) in [6.07, 6.45) is 1.19. The molecule has 1 aromatic carbocycles. The molecule has 7 heteroatoms. The Morgan fingerprint density at radius 2 is 2.00 bits per heavy atom. The van der Waals surface area contributed by atoms with Gasteiger partial charge in [0.1, 0.15) is 11.5 Å². The Labute approximate surface area is 129 Å². The van der Waals surface area contributed by atoms with Gasteiger partial charge in [-0.3, -0.25) is 4.79 Å². The van der Waals surface area contributed by atoms with E-state index in [0.717, 1.165) is 23.5 Å². The molecule has 0 N–H and O–H groups in total. The zero-order valence-electron chi connectivity index (χ0n) is 12.9. The van der Waals surface area contributed by atoms with Gasteiger partial charge in [-0.25, -0.2) is 0 Å². The standard InChI is InChI=1S/C15H20N4O3/c1-21-13-5-11(6-14(8-13)22-2)3-4-19-10-12(7-15(19)20)9-17-18-16/h5-6,8,12H,3-4,7,9-10H2,1-2H3. The van der Waals surface area contributed by atoms with Crippen LogP contribution in [0.2, 0.25) is 0 Å². The molecule has 0 radical (unpaired) electrons. The monoisotopic (exact) mass is 304 g/mol. The fraction of sp³-hybridized carbons (Fsp3) is 0.533. The second-order valence-corrected chi connectivity index (χ2v) is 5.29. The van der Waals surface area contributed by atoms with E-state index in [1.807, 2.05) is 23.1 Å². The summed E-state index contributed by atoms with van der Waals surface area (Å²) in [6.45, 7) is 1.67. The SMILES string of the molecule is COc1cc(CCN2CC(CN=[N+]=[N-])CC2=O)cc(OC)c1. The van der Waals surface area contributed by atoms with E-state index < -0.39 is 0 Å². The first-order valence-electron chi connectivity index (χ1n) is 7.17. The van der Waals surface area contributed by atoms with Gasteiger partial charge in [-0.15, -0.1) is 0 Å². The zero-order chi connectivity index (χ0) is 15.9. The van der Waals surface area contributed by atoms with Gasteiger partial charge in [-0.2, -0.15) is 0 Å². The van der Waals surface area contributed by atoms with E-state index in [9.17, 15) is 4.79 Å². The third-order valence-electron chi connectivity index (χ3n) is 3.78. The third kappa shape index (κ3) is 4.05. The third-order valence-corrected chi connectivity index (χ3v) is 3.78. The smallest absolute Gasteiger partial charge is 0.222 e. The van der Waals surface area contributed by atoms with E-state index >= 15 is 0 Å². The zero-order valence-corrected chi connectivity index (χ0v) is 12.9. The van der Waals surface area contributed by atoms with Crippen LogP contribution in [-0.4, -0.2) is 44.7 Å². The quantitative estimate of drug-likeness (QED) is 0.440. The topological polar surface area (TPSA) is 87.5 Å². The van der Waals surface area contributed by atoms with Crippen LogP contribution in [0.25, 0.3) is 10.4 Å². The number of ether oxygens (including phenoxy) is 2. The average molecular weight is 304 g/mol. The fourth-order valence-corrected chi connectivity index (χ4v) is 2.62. The summed E-state index contributed by atoms with van der Waals surface area (Å²) in [6, 6.07) is 5.71. The van der Waals surface area contributed by atoms with Crippen molar-refractivity contribution in [1.82, 2.24) is 4.90 Å². The Kier molecular flexibility index (Phi) is 5.49. The molecular formula is C15H20N4O3. The molecule has 1 heterocycles. The lowest BCUT2D eigenvalue weighted by atomic mass is 10.1. The van der Waals surface area contributed by atoms with Crippen LogP contribution in [0.4, 0.5) is 0 Å². The lowest BCUT2D eigenvalue weighted by Gasteiger charge is -2.17. The summed E-state index contributed by atoms with van der Waals surface area (Å²) < 4.78 is 10.5. The first-order chi connectivity index (χ1) is 10.7. The molecule has 1 aliphatic rings. The Morgan fingerprint density at radius 1 is 1.32 bits per heavy atom. The summed E-state index contributed by atoms with van der Waals surface area (Å²) in [5.74, 6) is 1.72. The number of hydrogen-bond acceptors (Lipinski definition) is 4. The highest BCUT2D eigenvalue weighted by Crippen LogP contribution is 2.24. The number of rotatable bonds is 7. The largest absolute Gasteiger partial charge is 0.497 e. The summed E-state index contributed by atoms with van der Waals surface area (Å²) in [5.41, 5.74) is 9.40. The predicted molar refractivity (Wildman–Crippen MR) is 82.0 cm³/mol. The molecule has 22 heavy (non-hydrogen) atoms. The molecule has 2 rings (SSSR count). The van der Waals surface area contributed by atoms with Crippen molar-refractivity contribution in [2.75, 3.05) is 33.9 Å². The van der Waals surface area contributed by atoms with Gasteiger partial charge < -0.3 is 14.4 Å². The number of methoxy groups -OCH3 is 2. The number of hydrogen-bond donors (Lipinski definition) is 0. The normalized spacial score (nSPS) is 17.3. The van der Waals surface area contributed by atoms with Crippen molar-refractivity contribution < 1.29 is 14.3 Å². The summed E-state index contributed by atoms with van der Waals surface area (Å²) in [5, 5.41) is 3.55. The van der Waals surface area contributed by atoms with Crippen molar-refractivity contribution >= 4 is 5.91 Å². The number of likely N-dealkylation sites (tertiary alicyclic amines) is 1. The molecule has 1 unspecified atom stereocenters. The summed E-state index contributed by atoms with van der Waals surface area (Å²) >= 11 is 0. The van der Waals surface area contributed by atoms with Crippen LogP contribution < -0.4 is 9.47 Å². The molecule has 0 saturated carbocycles. The molecule has 1 aromatic rings. The number of azide groups is 1. The maximum Gasteiger partial charge on any atom is 0.222 e. The minimum atomic E-state index is 0.119. The van der Waals surface area contributed by atoms with Crippen LogP contribution in [0.15, 0.2) is 23.3 Å². The Hall–Kier alpha value is -2.40. The van der Waals surface area contributed by atoms with E-state index in [4.69, 9.17) is 15.0 Å². The highest BCUT2D eigenvalue weighted by Gasteiger charge is 2.28. The predicted octanol–water partition coefficient (Wildman–Crippen LogP) is 2.41. The van der Waals surface area contributed by atoms with E-state index in [0.29, 0.717) is 26.1 Å². The molecule has 7 nitrogen and oxygen atoms in total. The van der Waals surface area contributed by atoms with Crippen LogP contribution in [-0.2, 0) is 11.2 Å². The molecular weight excluding hydrogens is 284 g/mol. The molecule has 118 valence electrons. The summed E-state index contributed by atoms with van der Waals surface area (Å²) in [4.78, 5) is 16.5. The van der Waals surface area contributed by atoms with Crippen LogP contribution in [0.3, 0.4) is 0 Å². The minimum absolute atomic E-state index is 0.119. The highest BCUT2D eigenvalue weighted by atomic mass is 16.5. The molecule has 0 aliphatic carbocycles. The van der Waals surface area contributed by atoms with Crippen molar-refractivity contribution in [2.45, 2.75) is 12.8 Å². The number of carbonyl (C=O) groups is 1. The second kappa shape index (κ2) is 7.56. The van der Waals surface area contributed by atoms with E-state index in [2.05, 4.69) is 10.0 Å². The first-order valence-corrected chi connectivity index (χ1v) is 7.17. The molecule has 0 spiro atoms. The fourth-order valence-electron chi connectivity index (χ4n) is 2.62. The van der Waals surface area contributed by atoms with Crippen molar-refractivity contribution in [3.63, 3.8) is 0 Å². The lowest BCUT2D eigenvalue weighted by Crippen LogP contribution is -2.27. The van der Waals surface area contributed by atoms with Gasteiger partial charge in [0.2, 0.25) is 5.91 Å². The molecule has 1 fully saturated rings. The number of carbonyl (C=O) groups excluding carboxylic acids is 1. The molecule has 1 saturated heterocycles. The number of amides is 1. The molecule has 1 aliphatic heterocycles. The summed E-state index contributed by atoms with van der Waals surface area (Å²) in [7, 11) is 3.23. The Morgan fingerprint density at radius 3 is 2.59 bits per heavy atom. The maximum atomic E-state index is 12.0. The van der Waals surface area contributed by atoms with Crippen LogP contribution >= 0.6 is 0 Å². The first kappa shape index (κ1) is 16.0. The molecule has 0 bridgehead atoms.